The van der Waals surface area contributed by atoms with Gasteiger partial charge in [0.2, 0.25) is 0 Å². The lowest BCUT2D eigenvalue weighted by Crippen LogP contribution is -2.36. The molecule has 2 unspecified atom stereocenters. The van der Waals surface area contributed by atoms with Crippen LogP contribution in [0, 0.1) is 19.8 Å². The Bertz CT molecular complexity index is 1460. The monoisotopic (exact) mass is 613 g/mol. The van der Waals surface area contributed by atoms with E-state index in [1.807, 2.05) is 56.5 Å². The number of likely N-dealkylation sites (tertiary alicyclic amines) is 1. The molecule has 1 aliphatic rings. The largest absolute Gasteiger partial charge is 0.480 e. The van der Waals surface area contributed by atoms with Gasteiger partial charge >= 0.3 is 6.09 Å². The second kappa shape index (κ2) is 12.5. The molecule has 0 N–H and O–H groups in total. The van der Waals surface area contributed by atoms with Gasteiger partial charge in [-0.1, -0.05) is 47.5 Å². The molecule has 216 valence electrons. The summed E-state index contributed by atoms with van der Waals surface area (Å²) in [5.74, 6) is 0.0152. The minimum atomic E-state index is -0.975. The lowest BCUT2D eigenvalue weighted by molar-refractivity contribution is -0.129. The van der Waals surface area contributed by atoms with Gasteiger partial charge in [-0.25, -0.2) is 4.79 Å². The van der Waals surface area contributed by atoms with E-state index in [1.54, 1.807) is 42.6 Å². The van der Waals surface area contributed by atoms with Crippen molar-refractivity contribution in [1.82, 2.24) is 4.90 Å². The maximum Gasteiger partial charge on any atom is 0.415 e. The number of aryl methyl sites for hydroxylation is 2. The average Bonchev–Trinajstić information content (AvgIpc) is 3.38. The van der Waals surface area contributed by atoms with E-state index in [0.29, 0.717) is 16.3 Å². The van der Waals surface area contributed by atoms with Crippen LogP contribution in [0.2, 0.25) is 10.0 Å². The second-order valence-corrected chi connectivity index (χ2v) is 12.5. The maximum absolute atomic E-state index is 13.9. The summed E-state index contributed by atoms with van der Waals surface area (Å²) in [4.78, 5) is 41.8. The number of Topliss-reactive ketones (excluding diaryl/α,β-unsaturated/α-hetero) is 2. The number of hydrogen-bond acceptors (Lipinski definition) is 6. The van der Waals surface area contributed by atoms with Crippen molar-refractivity contribution in [3.05, 3.63) is 86.9 Å². The Kier molecular flexibility index (Phi) is 9.42. The van der Waals surface area contributed by atoms with Gasteiger partial charge in [-0.05, 0) is 81.8 Å². The molecule has 0 bridgehead atoms. The zero-order chi connectivity index (χ0) is 30.1. The number of carbonyl (C=O) groups excluding carboxylic acids is 3. The van der Waals surface area contributed by atoms with Gasteiger partial charge < -0.3 is 14.4 Å². The molecule has 1 amide bonds. The first kappa shape index (κ1) is 30.9. The molecule has 1 fully saturated rings. The van der Waals surface area contributed by atoms with Crippen molar-refractivity contribution in [2.45, 2.75) is 51.0 Å². The molecule has 0 saturated carbocycles. The highest BCUT2D eigenvalue weighted by molar-refractivity contribution is 7.98. The third-order valence-electron chi connectivity index (χ3n) is 7.50. The molecular formula is C32H33Cl2NO5S. The Morgan fingerprint density at radius 2 is 1.56 bits per heavy atom. The highest BCUT2D eigenvalue weighted by Gasteiger charge is 2.42. The molecule has 9 heteroatoms. The predicted molar refractivity (Wildman–Crippen MR) is 164 cm³/mol. The standard InChI is InChI=1S/C32H33Cl2NO5S/c1-18-13-22(14-19(2)30(18)40-32(4,5)20(3)36)25-16-35(31(38)39-23-9-12-27(33)28(34)15-23)17-26(25)29(37)21-7-10-24(41-6)11-8-21/h7-15,25-26H,16-17H2,1-6H3. The van der Waals surface area contributed by atoms with E-state index in [-0.39, 0.29) is 41.3 Å². The van der Waals surface area contributed by atoms with Crippen LogP contribution in [-0.4, -0.2) is 47.5 Å². The number of nitrogens with zero attached hydrogens (tertiary/aromatic N) is 1. The molecule has 0 aromatic heterocycles. The molecule has 3 aromatic carbocycles. The van der Waals surface area contributed by atoms with E-state index in [1.165, 1.54) is 13.0 Å². The van der Waals surface area contributed by atoms with Crippen LogP contribution >= 0.6 is 35.0 Å². The smallest absolute Gasteiger partial charge is 0.415 e. The molecule has 2 atom stereocenters. The minimum absolute atomic E-state index is 0.0409. The summed E-state index contributed by atoms with van der Waals surface area (Å²) in [5.41, 5.74) is 2.23. The number of rotatable bonds is 8. The lowest BCUT2D eigenvalue weighted by Gasteiger charge is -2.27. The van der Waals surface area contributed by atoms with Crippen LogP contribution in [0.25, 0.3) is 0 Å². The number of carbonyl (C=O) groups is 3. The van der Waals surface area contributed by atoms with Crippen LogP contribution < -0.4 is 9.47 Å². The Morgan fingerprint density at radius 3 is 2.12 bits per heavy atom. The van der Waals surface area contributed by atoms with E-state index >= 15 is 0 Å². The normalized spacial score (nSPS) is 16.9. The molecule has 1 saturated heterocycles. The quantitative estimate of drug-likeness (QED) is 0.188. The first-order valence-corrected chi connectivity index (χ1v) is 15.2. The fourth-order valence-electron chi connectivity index (χ4n) is 4.92. The van der Waals surface area contributed by atoms with E-state index in [9.17, 15) is 14.4 Å². The van der Waals surface area contributed by atoms with E-state index in [2.05, 4.69) is 0 Å². The molecule has 3 aromatic rings. The Labute approximate surface area is 255 Å². The van der Waals surface area contributed by atoms with Crippen molar-refractivity contribution in [3.63, 3.8) is 0 Å². The molecule has 6 nitrogen and oxygen atoms in total. The van der Waals surface area contributed by atoms with Gasteiger partial charge in [-0.15, -0.1) is 11.8 Å². The highest BCUT2D eigenvalue weighted by Crippen LogP contribution is 2.39. The molecule has 1 aliphatic heterocycles. The van der Waals surface area contributed by atoms with E-state index in [0.717, 1.165) is 21.6 Å². The van der Waals surface area contributed by atoms with Crippen molar-refractivity contribution in [3.8, 4) is 11.5 Å². The first-order valence-electron chi connectivity index (χ1n) is 13.2. The van der Waals surface area contributed by atoms with E-state index < -0.39 is 17.6 Å². The van der Waals surface area contributed by atoms with Crippen molar-refractivity contribution in [2.24, 2.45) is 5.92 Å². The van der Waals surface area contributed by atoms with E-state index in [4.69, 9.17) is 32.7 Å². The fourth-order valence-corrected chi connectivity index (χ4v) is 5.61. The number of hydrogen-bond donors (Lipinski definition) is 0. The SMILES string of the molecule is CSc1ccc(C(=O)C2CN(C(=O)Oc3ccc(Cl)c(Cl)c3)CC2c2cc(C)c(OC(C)(C)C(C)=O)c(C)c2)cc1. The molecule has 41 heavy (non-hydrogen) atoms. The molecular weight excluding hydrogens is 581 g/mol. The lowest BCUT2D eigenvalue weighted by atomic mass is 9.82. The number of thioether (sulfide) groups is 1. The number of benzene rings is 3. The van der Waals surface area contributed by atoms with Gasteiger partial charge in [0.05, 0.1) is 10.0 Å². The Balaban J connectivity index is 1.67. The summed E-state index contributed by atoms with van der Waals surface area (Å²) < 4.78 is 11.7. The summed E-state index contributed by atoms with van der Waals surface area (Å²) in [5, 5.41) is 0.634. The maximum atomic E-state index is 13.9. The summed E-state index contributed by atoms with van der Waals surface area (Å²) in [6.07, 6.45) is 1.41. The van der Waals surface area contributed by atoms with Crippen LogP contribution in [0.15, 0.2) is 59.5 Å². The number of ketones is 2. The van der Waals surface area contributed by atoms with Crippen LogP contribution in [0.3, 0.4) is 0 Å². The van der Waals surface area contributed by atoms with Gasteiger partial charge in [-0.2, -0.15) is 0 Å². The number of halogens is 2. The Morgan fingerprint density at radius 1 is 0.927 bits per heavy atom. The summed E-state index contributed by atoms with van der Waals surface area (Å²) in [6, 6.07) is 16.1. The zero-order valence-electron chi connectivity index (χ0n) is 23.9. The van der Waals surface area contributed by atoms with Gasteiger partial charge in [-0.3, -0.25) is 9.59 Å². The van der Waals surface area contributed by atoms with Crippen LogP contribution in [0.4, 0.5) is 4.79 Å². The van der Waals surface area contributed by atoms with Gasteiger partial charge in [0.25, 0.3) is 0 Å². The third-order valence-corrected chi connectivity index (χ3v) is 8.98. The van der Waals surface area contributed by atoms with Gasteiger partial charge in [0, 0.05) is 41.5 Å². The molecule has 0 spiro atoms. The summed E-state index contributed by atoms with van der Waals surface area (Å²) in [7, 11) is 0. The first-order chi connectivity index (χ1) is 19.3. The summed E-state index contributed by atoms with van der Waals surface area (Å²) in [6.45, 7) is 9.32. The fraction of sp³-hybridized carbons (Fsp3) is 0.344. The number of amides is 1. The molecule has 4 rings (SSSR count). The molecule has 1 heterocycles. The molecule has 0 radical (unpaired) electrons. The topological polar surface area (TPSA) is 72.9 Å². The van der Waals surface area contributed by atoms with Gasteiger partial charge in [0.1, 0.15) is 11.5 Å². The van der Waals surface area contributed by atoms with Crippen LogP contribution in [0.1, 0.15) is 53.7 Å². The number of ether oxygens (including phenoxy) is 2. The van der Waals surface area contributed by atoms with Crippen molar-refractivity contribution in [1.29, 1.82) is 0 Å². The van der Waals surface area contributed by atoms with Crippen molar-refractivity contribution in [2.75, 3.05) is 19.3 Å². The van der Waals surface area contributed by atoms with Crippen LogP contribution in [0.5, 0.6) is 11.5 Å². The zero-order valence-corrected chi connectivity index (χ0v) is 26.2. The van der Waals surface area contributed by atoms with Crippen LogP contribution in [-0.2, 0) is 4.79 Å². The average molecular weight is 615 g/mol. The minimum Gasteiger partial charge on any atom is -0.480 e. The van der Waals surface area contributed by atoms with Crippen molar-refractivity contribution >= 4 is 52.6 Å². The Hall–Kier alpha value is -3.00. The third kappa shape index (κ3) is 6.91. The second-order valence-electron chi connectivity index (χ2n) is 10.8. The predicted octanol–water partition coefficient (Wildman–Crippen LogP) is 8.18. The summed E-state index contributed by atoms with van der Waals surface area (Å²) >= 11 is 13.7. The van der Waals surface area contributed by atoms with Crippen molar-refractivity contribution < 1.29 is 23.9 Å². The molecule has 0 aliphatic carbocycles. The van der Waals surface area contributed by atoms with Gasteiger partial charge in [0.15, 0.2) is 17.2 Å². The highest BCUT2D eigenvalue weighted by atomic mass is 35.5.